The minimum atomic E-state index is -3.85. The molecule has 0 aliphatic rings. The lowest BCUT2D eigenvalue weighted by Crippen LogP contribution is -2.14. The highest BCUT2D eigenvalue weighted by Gasteiger charge is 2.21. The van der Waals surface area contributed by atoms with Crippen molar-refractivity contribution in [2.24, 2.45) is 0 Å². The lowest BCUT2D eigenvalue weighted by molar-refractivity contribution is 0.0393. The molecule has 34 heavy (non-hydrogen) atoms. The summed E-state index contributed by atoms with van der Waals surface area (Å²) in [7, 11) is -2.32. The second-order valence-corrected chi connectivity index (χ2v) is 9.60. The van der Waals surface area contributed by atoms with Crippen LogP contribution < -0.4 is 10.0 Å². The van der Waals surface area contributed by atoms with Crippen LogP contribution in [0, 0.1) is 6.92 Å². The number of aromatic nitrogens is 4. The Hall–Kier alpha value is -3.68. The van der Waals surface area contributed by atoms with Crippen LogP contribution in [0.1, 0.15) is 15.2 Å². The third-order valence-corrected chi connectivity index (χ3v) is 7.18. The van der Waals surface area contributed by atoms with Gasteiger partial charge in [-0.2, -0.15) is 0 Å². The maximum atomic E-state index is 12.6. The summed E-state index contributed by atoms with van der Waals surface area (Å²) >= 11 is 1.22. The molecule has 0 bridgehead atoms. The first-order valence-electron chi connectivity index (χ1n) is 9.96. The maximum absolute atomic E-state index is 12.6. The maximum Gasteiger partial charge on any atom is 0.348 e. The van der Waals surface area contributed by atoms with Gasteiger partial charge in [0, 0.05) is 25.2 Å². The number of sulfonamides is 1. The first-order valence-corrected chi connectivity index (χ1v) is 12.3. The Kier molecular flexibility index (Phi) is 6.95. The molecule has 0 amide bonds. The summed E-state index contributed by atoms with van der Waals surface area (Å²) in [5, 5.41) is 3.85. The van der Waals surface area contributed by atoms with Crippen molar-refractivity contribution in [2.45, 2.75) is 11.8 Å². The zero-order chi connectivity index (χ0) is 24.1. The van der Waals surface area contributed by atoms with E-state index in [4.69, 9.17) is 9.47 Å². The summed E-state index contributed by atoms with van der Waals surface area (Å²) in [6, 6.07) is 7.70. The average Bonchev–Trinajstić information content (AvgIpc) is 3.17. The van der Waals surface area contributed by atoms with Crippen LogP contribution in [0.2, 0.25) is 0 Å². The van der Waals surface area contributed by atoms with Gasteiger partial charge in [-0.3, -0.25) is 0 Å². The van der Waals surface area contributed by atoms with E-state index >= 15 is 0 Å². The topological polar surface area (TPSA) is 145 Å². The van der Waals surface area contributed by atoms with Crippen molar-refractivity contribution < 1.29 is 22.7 Å². The van der Waals surface area contributed by atoms with Gasteiger partial charge in [0.25, 0.3) is 10.0 Å². The fourth-order valence-corrected chi connectivity index (χ4v) is 5.03. The third-order valence-electron chi connectivity index (χ3n) is 4.65. The number of nitrogens with zero attached hydrogens (tertiary/aromatic N) is 4. The van der Waals surface area contributed by atoms with Crippen LogP contribution in [0.15, 0.2) is 53.9 Å². The number of ether oxygens (including phenoxy) is 2. The minimum absolute atomic E-state index is 0.0161. The second-order valence-electron chi connectivity index (χ2n) is 6.91. The number of fused-ring (bicyclic) bond motifs is 1. The number of methoxy groups -OCH3 is 1. The number of thiophene rings is 1. The predicted molar refractivity (Wildman–Crippen MR) is 127 cm³/mol. The number of aryl methyl sites for hydroxylation is 1. The van der Waals surface area contributed by atoms with Gasteiger partial charge in [-0.25, -0.2) is 37.9 Å². The molecule has 0 aliphatic heterocycles. The zero-order valence-electron chi connectivity index (χ0n) is 18.2. The largest absolute Gasteiger partial charge is 0.459 e. The van der Waals surface area contributed by atoms with Gasteiger partial charge in [0.2, 0.25) is 5.95 Å². The summed E-state index contributed by atoms with van der Waals surface area (Å²) in [6.45, 7) is 2.26. The Morgan fingerprint density at radius 1 is 1.06 bits per heavy atom. The van der Waals surface area contributed by atoms with Crippen LogP contribution >= 0.6 is 11.3 Å². The van der Waals surface area contributed by atoms with E-state index in [0.717, 1.165) is 0 Å². The molecule has 176 valence electrons. The molecule has 3 heterocycles. The molecule has 0 fully saturated rings. The quantitative estimate of drug-likeness (QED) is 0.260. The summed E-state index contributed by atoms with van der Waals surface area (Å²) in [6.07, 6.45) is 4.28. The summed E-state index contributed by atoms with van der Waals surface area (Å²) in [4.78, 5) is 29.8. The fraction of sp³-hybridized carbons (Fsp3) is 0.190. The van der Waals surface area contributed by atoms with Gasteiger partial charge in [0.15, 0.2) is 0 Å². The molecule has 0 aliphatic carbocycles. The highest BCUT2D eigenvalue weighted by molar-refractivity contribution is 7.92. The molecule has 2 N–H and O–H groups in total. The lowest BCUT2D eigenvalue weighted by Gasteiger charge is -2.09. The van der Waals surface area contributed by atoms with Gasteiger partial charge >= 0.3 is 5.97 Å². The molecule has 0 radical (unpaired) electrons. The minimum Gasteiger partial charge on any atom is -0.459 e. The number of anilines is 3. The van der Waals surface area contributed by atoms with Gasteiger partial charge in [0.1, 0.15) is 28.5 Å². The van der Waals surface area contributed by atoms with Crippen LogP contribution in [0.3, 0.4) is 0 Å². The van der Waals surface area contributed by atoms with Crippen molar-refractivity contribution in [1.82, 2.24) is 19.9 Å². The van der Waals surface area contributed by atoms with Crippen molar-refractivity contribution in [3.05, 3.63) is 59.5 Å². The van der Waals surface area contributed by atoms with Crippen molar-refractivity contribution >= 4 is 55.0 Å². The first kappa shape index (κ1) is 23.5. The molecule has 0 saturated heterocycles. The molecule has 0 unspecified atom stereocenters. The number of esters is 1. The molecule has 3 aromatic heterocycles. The van der Waals surface area contributed by atoms with Gasteiger partial charge in [-0.05, 0) is 42.8 Å². The van der Waals surface area contributed by atoms with Crippen LogP contribution in [0.4, 0.5) is 17.5 Å². The number of carbonyl (C=O) groups excluding carboxylic acids is 1. The SMILES string of the molecule is COCCOC(=O)c1sc2ncnc(Nc3ccc(S(=O)(=O)Nc4ncccn4)cc3)c2c1C. The van der Waals surface area contributed by atoms with Crippen molar-refractivity contribution in [2.75, 3.05) is 30.4 Å². The van der Waals surface area contributed by atoms with Crippen molar-refractivity contribution in [3.63, 3.8) is 0 Å². The van der Waals surface area contributed by atoms with E-state index < -0.39 is 16.0 Å². The van der Waals surface area contributed by atoms with Gasteiger partial charge < -0.3 is 14.8 Å². The molecule has 11 nitrogen and oxygen atoms in total. The van der Waals surface area contributed by atoms with E-state index in [2.05, 4.69) is 30.0 Å². The molecule has 1 aromatic carbocycles. The molecule has 0 atom stereocenters. The van der Waals surface area contributed by atoms with Crippen LogP contribution in [-0.2, 0) is 19.5 Å². The van der Waals surface area contributed by atoms with E-state index in [1.165, 1.54) is 49.3 Å². The van der Waals surface area contributed by atoms with Crippen LogP contribution in [0.25, 0.3) is 10.2 Å². The Morgan fingerprint density at radius 2 is 1.79 bits per heavy atom. The standard InChI is InChI=1S/C21H20N6O5S2/c1-13-16-18(24-12-25-19(16)33-17(13)20(28)32-11-10-31-2)26-14-4-6-15(7-5-14)34(29,30)27-21-22-8-3-9-23-21/h3-9,12H,10-11H2,1-2H3,(H,22,23,27)(H,24,25,26). The number of nitrogens with one attached hydrogen (secondary N) is 2. The number of rotatable bonds is 9. The molecule has 13 heteroatoms. The third kappa shape index (κ3) is 5.11. The monoisotopic (exact) mass is 500 g/mol. The van der Waals surface area contributed by atoms with Gasteiger partial charge in [-0.1, -0.05) is 0 Å². The summed E-state index contributed by atoms with van der Waals surface area (Å²) < 4.78 is 37.6. The number of hydrogen-bond donors (Lipinski definition) is 2. The van der Waals surface area contributed by atoms with Crippen molar-refractivity contribution in [1.29, 1.82) is 0 Å². The molecular formula is C21H20N6O5S2. The number of hydrogen-bond acceptors (Lipinski definition) is 11. The molecule has 4 aromatic rings. The van der Waals surface area contributed by atoms with Crippen LogP contribution in [0.5, 0.6) is 0 Å². The summed E-state index contributed by atoms with van der Waals surface area (Å²) in [5.41, 5.74) is 1.29. The zero-order valence-corrected chi connectivity index (χ0v) is 19.8. The Morgan fingerprint density at radius 3 is 2.50 bits per heavy atom. The molecular weight excluding hydrogens is 480 g/mol. The van der Waals surface area contributed by atoms with Crippen molar-refractivity contribution in [3.8, 4) is 0 Å². The predicted octanol–water partition coefficient (Wildman–Crippen LogP) is 3.14. The number of carbonyl (C=O) groups is 1. The highest BCUT2D eigenvalue weighted by atomic mass is 32.2. The van der Waals surface area contributed by atoms with Gasteiger partial charge in [-0.15, -0.1) is 11.3 Å². The second kappa shape index (κ2) is 10.1. The Labute approximate surface area is 199 Å². The van der Waals surface area contributed by atoms with E-state index in [9.17, 15) is 13.2 Å². The summed E-state index contributed by atoms with van der Waals surface area (Å²) in [5.74, 6) is 0.0200. The van der Waals surface area contributed by atoms with E-state index in [0.29, 0.717) is 38.8 Å². The Balaban J connectivity index is 1.55. The molecule has 0 saturated carbocycles. The highest BCUT2D eigenvalue weighted by Crippen LogP contribution is 2.35. The van der Waals surface area contributed by atoms with Crippen LogP contribution in [-0.4, -0.2) is 54.6 Å². The lowest BCUT2D eigenvalue weighted by atomic mass is 10.2. The van der Waals surface area contributed by atoms with E-state index in [-0.39, 0.29) is 17.5 Å². The molecule has 0 spiro atoms. The smallest absolute Gasteiger partial charge is 0.348 e. The fourth-order valence-electron chi connectivity index (χ4n) is 3.03. The Bertz CT molecular complexity index is 1410. The van der Waals surface area contributed by atoms with Gasteiger partial charge in [0.05, 0.1) is 16.9 Å². The van der Waals surface area contributed by atoms with E-state index in [1.54, 1.807) is 25.1 Å². The normalized spacial score (nSPS) is 11.4. The number of benzene rings is 1. The molecule has 4 rings (SSSR count). The van der Waals surface area contributed by atoms with E-state index in [1.807, 2.05) is 0 Å². The first-order chi connectivity index (χ1) is 16.4. The average molecular weight is 501 g/mol.